The second kappa shape index (κ2) is 7.83. The van der Waals surface area contributed by atoms with E-state index in [1.54, 1.807) is 0 Å². The molecular formula is C23H28N2O2. The number of aliphatic hydroxyl groups is 1. The number of carbonyl (C=O) groups excluding carboxylic acids is 1. The molecule has 2 aliphatic rings. The lowest BCUT2D eigenvalue weighted by Crippen LogP contribution is -2.59. The molecule has 0 spiro atoms. The van der Waals surface area contributed by atoms with Crippen LogP contribution < -0.4 is 5.32 Å². The Bertz CT molecular complexity index is 775. The predicted molar refractivity (Wildman–Crippen MR) is 107 cm³/mol. The molecule has 0 bridgehead atoms. The van der Waals surface area contributed by atoms with Crippen molar-refractivity contribution in [1.29, 1.82) is 0 Å². The minimum atomic E-state index is -0.574. The van der Waals surface area contributed by atoms with E-state index >= 15 is 0 Å². The van der Waals surface area contributed by atoms with Gasteiger partial charge in [-0.25, -0.2) is 0 Å². The fraction of sp³-hybridized carbons (Fsp3) is 0.435. The number of piperidine rings is 2. The van der Waals surface area contributed by atoms with Crippen LogP contribution in [0.5, 0.6) is 0 Å². The van der Waals surface area contributed by atoms with E-state index in [0.29, 0.717) is 25.9 Å². The highest BCUT2D eigenvalue weighted by Crippen LogP contribution is 2.33. The van der Waals surface area contributed by atoms with Crippen LogP contribution in [0.1, 0.15) is 24.8 Å². The first-order chi connectivity index (χ1) is 13.1. The zero-order valence-electron chi connectivity index (χ0n) is 15.7. The Morgan fingerprint density at radius 2 is 1.81 bits per heavy atom. The topological polar surface area (TPSA) is 52.6 Å². The minimum Gasteiger partial charge on any atom is -0.389 e. The zero-order chi connectivity index (χ0) is 18.7. The number of nitrogens with zero attached hydrogens (tertiary/aromatic N) is 1. The third-order valence-electron chi connectivity index (χ3n) is 6.18. The molecule has 2 heterocycles. The van der Waals surface area contributed by atoms with Crippen LogP contribution in [0, 0.1) is 5.92 Å². The number of carbonyl (C=O) groups is 1. The predicted octanol–water partition coefficient (Wildman–Crippen LogP) is 2.86. The van der Waals surface area contributed by atoms with E-state index in [9.17, 15) is 9.90 Å². The van der Waals surface area contributed by atoms with Crippen molar-refractivity contribution in [2.24, 2.45) is 5.92 Å². The zero-order valence-corrected chi connectivity index (χ0v) is 15.7. The van der Waals surface area contributed by atoms with E-state index < -0.39 is 5.60 Å². The van der Waals surface area contributed by atoms with Gasteiger partial charge in [0.2, 0.25) is 5.91 Å². The summed E-state index contributed by atoms with van der Waals surface area (Å²) >= 11 is 0. The molecule has 4 nitrogen and oxygen atoms in total. The molecule has 2 N–H and O–H groups in total. The summed E-state index contributed by atoms with van der Waals surface area (Å²) in [5.41, 5.74) is 3.03. The number of rotatable bonds is 4. The largest absolute Gasteiger partial charge is 0.389 e. The molecule has 0 aliphatic carbocycles. The summed E-state index contributed by atoms with van der Waals surface area (Å²) < 4.78 is 0. The molecule has 4 heteroatoms. The SMILES string of the molecule is O=C(CCc1ccc(-c2ccccc2)cc1)N1CC[C@@]2(O)CCNC[C@H]2C1. The van der Waals surface area contributed by atoms with Gasteiger partial charge in [-0.1, -0.05) is 54.6 Å². The maximum Gasteiger partial charge on any atom is 0.222 e. The summed E-state index contributed by atoms with van der Waals surface area (Å²) in [5, 5.41) is 14.1. The summed E-state index contributed by atoms with van der Waals surface area (Å²) in [7, 11) is 0. The molecule has 0 unspecified atom stereocenters. The molecular weight excluding hydrogens is 336 g/mol. The fourth-order valence-corrected chi connectivity index (χ4v) is 4.36. The summed E-state index contributed by atoms with van der Waals surface area (Å²) in [6.07, 6.45) is 2.80. The van der Waals surface area contributed by atoms with Crippen molar-refractivity contribution in [3.63, 3.8) is 0 Å². The Morgan fingerprint density at radius 1 is 1.07 bits per heavy atom. The number of hydrogen-bond acceptors (Lipinski definition) is 3. The molecule has 2 saturated heterocycles. The van der Waals surface area contributed by atoms with Gasteiger partial charge in [-0.15, -0.1) is 0 Å². The number of likely N-dealkylation sites (tertiary alicyclic amines) is 1. The summed E-state index contributed by atoms with van der Waals surface area (Å²) in [4.78, 5) is 14.6. The maximum atomic E-state index is 12.7. The van der Waals surface area contributed by atoms with Gasteiger partial charge >= 0.3 is 0 Å². The van der Waals surface area contributed by atoms with Gasteiger partial charge in [0.15, 0.2) is 0 Å². The van der Waals surface area contributed by atoms with Gasteiger partial charge in [0.25, 0.3) is 0 Å². The number of hydrogen-bond donors (Lipinski definition) is 2. The minimum absolute atomic E-state index is 0.161. The van der Waals surface area contributed by atoms with Crippen LogP contribution in [0.3, 0.4) is 0 Å². The lowest BCUT2D eigenvalue weighted by molar-refractivity contribution is -0.142. The van der Waals surface area contributed by atoms with Crippen LogP contribution in [-0.2, 0) is 11.2 Å². The Balaban J connectivity index is 1.32. The number of fused-ring (bicyclic) bond motifs is 1. The van der Waals surface area contributed by atoms with Gasteiger partial charge in [0.1, 0.15) is 0 Å². The summed E-state index contributed by atoms with van der Waals surface area (Å²) in [5.74, 6) is 0.365. The van der Waals surface area contributed by atoms with Crippen molar-refractivity contribution in [2.45, 2.75) is 31.3 Å². The highest BCUT2D eigenvalue weighted by molar-refractivity contribution is 5.76. The van der Waals surface area contributed by atoms with E-state index in [0.717, 1.165) is 25.9 Å². The van der Waals surface area contributed by atoms with Gasteiger partial charge in [0.05, 0.1) is 5.60 Å². The molecule has 2 aromatic carbocycles. The van der Waals surface area contributed by atoms with Crippen LogP contribution in [0.4, 0.5) is 0 Å². The first-order valence-corrected chi connectivity index (χ1v) is 9.99. The highest BCUT2D eigenvalue weighted by atomic mass is 16.3. The van der Waals surface area contributed by atoms with Gasteiger partial charge in [-0.3, -0.25) is 4.79 Å². The van der Waals surface area contributed by atoms with Crippen LogP contribution in [-0.4, -0.2) is 47.7 Å². The number of nitrogens with one attached hydrogen (secondary N) is 1. The molecule has 2 atom stereocenters. The third kappa shape index (κ3) is 4.07. The van der Waals surface area contributed by atoms with Gasteiger partial charge in [-0.2, -0.15) is 0 Å². The van der Waals surface area contributed by atoms with E-state index in [1.165, 1.54) is 16.7 Å². The molecule has 27 heavy (non-hydrogen) atoms. The Hall–Kier alpha value is -2.17. The normalized spacial score (nSPS) is 25.1. The smallest absolute Gasteiger partial charge is 0.222 e. The average Bonchev–Trinajstić information content (AvgIpc) is 2.72. The number of benzene rings is 2. The maximum absolute atomic E-state index is 12.7. The molecule has 0 saturated carbocycles. The summed E-state index contributed by atoms with van der Waals surface area (Å²) in [6.45, 7) is 3.04. The lowest BCUT2D eigenvalue weighted by Gasteiger charge is -2.47. The molecule has 142 valence electrons. The van der Waals surface area contributed by atoms with E-state index in [2.05, 4.69) is 41.7 Å². The third-order valence-corrected chi connectivity index (χ3v) is 6.18. The molecule has 2 aliphatic heterocycles. The van der Waals surface area contributed by atoms with E-state index in [1.807, 2.05) is 23.1 Å². The highest BCUT2D eigenvalue weighted by Gasteiger charge is 2.43. The van der Waals surface area contributed by atoms with Crippen molar-refractivity contribution in [2.75, 3.05) is 26.2 Å². The molecule has 2 aromatic rings. The van der Waals surface area contributed by atoms with Crippen molar-refractivity contribution in [3.8, 4) is 11.1 Å². The average molecular weight is 364 g/mol. The van der Waals surface area contributed by atoms with Crippen LogP contribution in [0.25, 0.3) is 11.1 Å². The van der Waals surface area contributed by atoms with Crippen LogP contribution in [0.15, 0.2) is 54.6 Å². The Morgan fingerprint density at radius 3 is 2.59 bits per heavy atom. The lowest BCUT2D eigenvalue weighted by atomic mass is 9.76. The van der Waals surface area contributed by atoms with E-state index in [-0.39, 0.29) is 11.8 Å². The first-order valence-electron chi connectivity index (χ1n) is 9.99. The molecule has 1 amide bonds. The van der Waals surface area contributed by atoms with Gasteiger partial charge in [-0.05, 0) is 42.5 Å². The second-order valence-electron chi connectivity index (χ2n) is 7.91. The van der Waals surface area contributed by atoms with E-state index in [4.69, 9.17) is 0 Å². The quantitative estimate of drug-likeness (QED) is 0.877. The Labute approximate surface area is 161 Å². The molecule has 2 fully saturated rings. The van der Waals surface area contributed by atoms with Gasteiger partial charge in [0, 0.05) is 32.0 Å². The van der Waals surface area contributed by atoms with Gasteiger partial charge < -0.3 is 15.3 Å². The van der Waals surface area contributed by atoms with Crippen molar-refractivity contribution >= 4 is 5.91 Å². The number of aryl methyl sites for hydroxylation is 1. The Kier molecular flexibility index (Phi) is 5.28. The number of amides is 1. The molecule has 0 aromatic heterocycles. The second-order valence-corrected chi connectivity index (χ2v) is 7.91. The van der Waals surface area contributed by atoms with Crippen molar-refractivity contribution < 1.29 is 9.90 Å². The summed E-state index contributed by atoms with van der Waals surface area (Å²) in [6, 6.07) is 18.8. The fourth-order valence-electron chi connectivity index (χ4n) is 4.36. The monoisotopic (exact) mass is 364 g/mol. The molecule has 0 radical (unpaired) electrons. The standard InChI is InChI=1S/C23H28N2O2/c26-22(25-15-13-23(27)12-14-24-16-21(23)17-25)11-8-18-6-9-20(10-7-18)19-4-2-1-3-5-19/h1-7,9-10,21,24,27H,8,11-17H2/t21-,23-/m0/s1. The first kappa shape index (κ1) is 18.2. The molecule has 4 rings (SSSR count). The van der Waals surface area contributed by atoms with Crippen molar-refractivity contribution in [1.82, 2.24) is 10.2 Å². The van der Waals surface area contributed by atoms with Crippen LogP contribution >= 0.6 is 0 Å². The van der Waals surface area contributed by atoms with Crippen LogP contribution in [0.2, 0.25) is 0 Å². The van der Waals surface area contributed by atoms with Crippen molar-refractivity contribution in [3.05, 3.63) is 60.2 Å².